The summed E-state index contributed by atoms with van der Waals surface area (Å²) in [5.74, 6) is 0.191. The number of carbonyl (C=O) groups is 1. The van der Waals surface area contributed by atoms with Crippen molar-refractivity contribution < 1.29 is 27.4 Å². The normalized spacial score (nSPS) is 13.3. The van der Waals surface area contributed by atoms with Crippen molar-refractivity contribution in [3.63, 3.8) is 0 Å². The van der Waals surface area contributed by atoms with Gasteiger partial charge in [0.15, 0.2) is 6.10 Å². The summed E-state index contributed by atoms with van der Waals surface area (Å²) < 4.78 is 50.5. The number of nitrogens with zero attached hydrogens (tertiary/aromatic N) is 1. The molecule has 31 heavy (non-hydrogen) atoms. The van der Waals surface area contributed by atoms with Crippen molar-refractivity contribution in [1.29, 1.82) is 5.26 Å². The number of halogens is 3. The molecular formula is C23H25F3N2O3. The van der Waals surface area contributed by atoms with Gasteiger partial charge in [0.05, 0.1) is 30.3 Å². The maximum absolute atomic E-state index is 13.2. The Labute approximate surface area is 179 Å². The predicted octanol–water partition coefficient (Wildman–Crippen LogP) is 5.26. The summed E-state index contributed by atoms with van der Waals surface area (Å²) >= 11 is 0. The molecule has 0 saturated heterocycles. The van der Waals surface area contributed by atoms with Crippen LogP contribution in [0, 0.1) is 17.2 Å². The second kappa shape index (κ2) is 10.2. The van der Waals surface area contributed by atoms with Crippen molar-refractivity contribution in [3.05, 3.63) is 59.2 Å². The highest BCUT2D eigenvalue weighted by Gasteiger charge is 2.34. The standard InChI is InChI=1S/C23H25F3N2O3/c1-14(2)11-21(22(29)28-15(3)16-5-8-18(30-4)9-6-16)31-19-10-7-17(13-27)20(12-19)23(24,25)26/h5-10,12,14-15,21H,11H2,1-4H3,(H,28,29). The molecule has 1 amide bonds. The summed E-state index contributed by atoms with van der Waals surface area (Å²) in [7, 11) is 1.56. The van der Waals surface area contributed by atoms with Crippen LogP contribution in [0.1, 0.15) is 49.9 Å². The third-order valence-electron chi connectivity index (χ3n) is 4.65. The first-order valence-corrected chi connectivity index (χ1v) is 9.77. The molecule has 8 heteroatoms. The van der Waals surface area contributed by atoms with Crippen LogP contribution in [0.25, 0.3) is 0 Å². The molecule has 0 heterocycles. The molecule has 2 aromatic rings. The summed E-state index contributed by atoms with van der Waals surface area (Å²) in [6.45, 7) is 5.57. The van der Waals surface area contributed by atoms with Crippen LogP contribution in [-0.4, -0.2) is 19.1 Å². The van der Waals surface area contributed by atoms with Crippen LogP contribution in [0.5, 0.6) is 11.5 Å². The van der Waals surface area contributed by atoms with Gasteiger partial charge >= 0.3 is 6.18 Å². The minimum absolute atomic E-state index is 0.0625. The highest BCUT2D eigenvalue weighted by Crippen LogP contribution is 2.34. The quantitative estimate of drug-likeness (QED) is 0.616. The number of carbonyl (C=O) groups excluding carboxylic acids is 1. The first kappa shape index (κ1) is 24.1. The van der Waals surface area contributed by atoms with Gasteiger partial charge in [-0.25, -0.2) is 0 Å². The van der Waals surface area contributed by atoms with Gasteiger partial charge in [0.2, 0.25) is 0 Å². The lowest BCUT2D eigenvalue weighted by molar-refractivity contribution is -0.137. The van der Waals surface area contributed by atoms with Crippen molar-refractivity contribution in [2.24, 2.45) is 5.92 Å². The fraction of sp³-hybridized carbons (Fsp3) is 0.391. The number of amides is 1. The van der Waals surface area contributed by atoms with Crippen molar-refractivity contribution in [1.82, 2.24) is 5.32 Å². The molecule has 0 fully saturated rings. The molecule has 2 unspecified atom stereocenters. The van der Waals surface area contributed by atoms with Gasteiger partial charge in [-0.1, -0.05) is 26.0 Å². The lowest BCUT2D eigenvalue weighted by Crippen LogP contribution is -2.40. The zero-order valence-electron chi connectivity index (χ0n) is 17.8. The van der Waals surface area contributed by atoms with Crippen LogP contribution in [0.15, 0.2) is 42.5 Å². The molecule has 5 nitrogen and oxygen atoms in total. The minimum Gasteiger partial charge on any atom is -0.497 e. The molecule has 0 spiro atoms. The topological polar surface area (TPSA) is 71.3 Å². The first-order valence-electron chi connectivity index (χ1n) is 9.77. The Morgan fingerprint density at radius 2 is 1.71 bits per heavy atom. The van der Waals surface area contributed by atoms with Gasteiger partial charge in [-0.2, -0.15) is 18.4 Å². The summed E-state index contributed by atoms with van der Waals surface area (Å²) in [4.78, 5) is 12.9. The zero-order valence-corrected chi connectivity index (χ0v) is 17.8. The fourth-order valence-electron chi connectivity index (χ4n) is 3.01. The van der Waals surface area contributed by atoms with E-state index >= 15 is 0 Å². The van der Waals surface area contributed by atoms with Crippen LogP contribution in [0.3, 0.4) is 0 Å². The van der Waals surface area contributed by atoms with E-state index in [0.717, 1.165) is 17.7 Å². The lowest BCUT2D eigenvalue weighted by Gasteiger charge is -2.23. The Morgan fingerprint density at radius 3 is 2.23 bits per heavy atom. The van der Waals surface area contributed by atoms with E-state index in [0.29, 0.717) is 12.2 Å². The molecule has 0 saturated carbocycles. The Kier molecular flexibility index (Phi) is 7.92. The second-order valence-corrected chi connectivity index (χ2v) is 7.56. The van der Waals surface area contributed by atoms with Crippen molar-refractivity contribution >= 4 is 5.91 Å². The third-order valence-corrected chi connectivity index (χ3v) is 4.65. The highest BCUT2D eigenvalue weighted by atomic mass is 19.4. The molecule has 2 atom stereocenters. The van der Waals surface area contributed by atoms with E-state index in [2.05, 4.69) is 5.32 Å². The number of rotatable bonds is 8. The van der Waals surface area contributed by atoms with Crippen LogP contribution < -0.4 is 14.8 Å². The number of nitriles is 1. The largest absolute Gasteiger partial charge is 0.497 e. The van der Waals surface area contributed by atoms with E-state index in [1.807, 2.05) is 26.0 Å². The highest BCUT2D eigenvalue weighted by molar-refractivity contribution is 5.81. The monoisotopic (exact) mass is 434 g/mol. The molecule has 0 aromatic heterocycles. The van der Waals surface area contributed by atoms with Crippen LogP contribution >= 0.6 is 0 Å². The smallest absolute Gasteiger partial charge is 0.417 e. The molecule has 166 valence electrons. The Balaban J connectivity index is 2.21. The summed E-state index contributed by atoms with van der Waals surface area (Å²) in [6.07, 6.45) is -5.39. The second-order valence-electron chi connectivity index (χ2n) is 7.56. The van der Waals surface area contributed by atoms with Gasteiger partial charge in [-0.3, -0.25) is 4.79 Å². The van der Waals surface area contributed by atoms with Crippen LogP contribution in [0.4, 0.5) is 13.2 Å². The van der Waals surface area contributed by atoms with E-state index in [1.54, 1.807) is 26.2 Å². The molecular weight excluding hydrogens is 409 g/mol. The number of benzene rings is 2. The number of hydrogen-bond donors (Lipinski definition) is 1. The molecule has 0 aliphatic carbocycles. The average Bonchev–Trinajstić information content (AvgIpc) is 2.72. The van der Waals surface area contributed by atoms with Crippen molar-refractivity contribution in [3.8, 4) is 17.6 Å². The van der Waals surface area contributed by atoms with E-state index in [1.165, 1.54) is 12.1 Å². The zero-order chi connectivity index (χ0) is 23.2. The van der Waals surface area contributed by atoms with Gasteiger partial charge in [0.25, 0.3) is 5.91 Å². The van der Waals surface area contributed by atoms with E-state index in [-0.39, 0.29) is 17.7 Å². The molecule has 0 aliphatic rings. The van der Waals surface area contributed by atoms with Gasteiger partial charge in [0.1, 0.15) is 11.5 Å². The molecule has 0 radical (unpaired) electrons. The molecule has 2 aromatic carbocycles. The van der Waals surface area contributed by atoms with Gasteiger partial charge in [0, 0.05) is 0 Å². The minimum atomic E-state index is -4.71. The SMILES string of the molecule is COc1ccc(C(C)NC(=O)C(CC(C)C)Oc2ccc(C#N)c(C(F)(F)F)c2)cc1. The Bertz CT molecular complexity index is 935. The van der Waals surface area contributed by atoms with Gasteiger partial charge in [-0.05, 0) is 55.2 Å². The van der Waals surface area contributed by atoms with Crippen molar-refractivity contribution in [2.45, 2.75) is 45.5 Å². The van der Waals surface area contributed by atoms with Crippen molar-refractivity contribution in [2.75, 3.05) is 7.11 Å². The number of methoxy groups -OCH3 is 1. The van der Waals surface area contributed by atoms with Crippen LogP contribution in [0.2, 0.25) is 0 Å². The maximum atomic E-state index is 13.2. The molecule has 1 N–H and O–H groups in total. The maximum Gasteiger partial charge on any atom is 0.417 e. The molecule has 0 bridgehead atoms. The van der Waals surface area contributed by atoms with E-state index < -0.39 is 29.3 Å². The van der Waals surface area contributed by atoms with Gasteiger partial charge < -0.3 is 14.8 Å². The summed E-state index contributed by atoms with van der Waals surface area (Å²) in [5.41, 5.74) is -0.754. The van der Waals surface area contributed by atoms with E-state index in [9.17, 15) is 18.0 Å². The first-order chi connectivity index (χ1) is 14.5. The van der Waals surface area contributed by atoms with Crippen LogP contribution in [-0.2, 0) is 11.0 Å². The van der Waals surface area contributed by atoms with E-state index in [4.69, 9.17) is 14.7 Å². The average molecular weight is 434 g/mol. The summed E-state index contributed by atoms with van der Waals surface area (Å²) in [5, 5.41) is 11.8. The third kappa shape index (κ3) is 6.64. The lowest BCUT2D eigenvalue weighted by atomic mass is 10.0. The predicted molar refractivity (Wildman–Crippen MR) is 110 cm³/mol. The number of nitrogens with one attached hydrogen (secondary N) is 1. The Morgan fingerprint density at radius 1 is 1.10 bits per heavy atom. The number of hydrogen-bond acceptors (Lipinski definition) is 4. The molecule has 2 rings (SSSR count). The fourth-order valence-corrected chi connectivity index (χ4v) is 3.01. The summed E-state index contributed by atoms with van der Waals surface area (Å²) in [6, 6.07) is 11.4. The molecule has 0 aliphatic heterocycles. The number of ether oxygens (including phenoxy) is 2. The number of alkyl halides is 3. The Hall–Kier alpha value is -3.21. The van der Waals surface area contributed by atoms with Gasteiger partial charge in [-0.15, -0.1) is 0 Å².